The maximum atomic E-state index is 12.1. The molecule has 1 fully saturated rings. The van der Waals surface area contributed by atoms with Crippen LogP contribution in [0.4, 0.5) is 0 Å². The van der Waals surface area contributed by atoms with E-state index in [0.717, 1.165) is 32.6 Å². The van der Waals surface area contributed by atoms with Crippen molar-refractivity contribution in [3.05, 3.63) is 0 Å². The molecule has 0 radical (unpaired) electrons. The molecule has 1 N–H and O–H groups in total. The van der Waals surface area contributed by atoms with Crippen molar-refractivity contribution in [2.45, 2.75) is 25.8 Å². The zero-order chi connectivity index (χ0) is 11.5. The smallest absolute Gasteiger partial charge is 0.242 e. The predicted octanol–water partition coefficient (Wildman–Crippen LogP) is 0.149. The van der Waals surface area contributed by atoms with Crippen molar-refractivity contribution < 1.29 is 4.79 Å². The molecule has 1 saturated heterocycles. The number of hydrogen-bond acceptors (Lipinski definition) is 3. The Labute approximate surface area is 92.6 Å². The molecule has 1 rings (SSSR count). The van der Waals surface area contributed by atoms with Crippen molar-refractivity contribution in [1.82, 2.24) is 15.1 Å². The molecule has 0 aromatic carbocycles. The molecule has 0 aromatic heterocycles. The van der Waals surface area contributed by atoms with E-state index >= 15 is 0 Å². The van der Waals surface area contributed by atoms with Crippen molar-refractivity contribution >= 4 is 5.91 Å². The van der Waals surface area contributed by atoms with Crippen LogP contribution in [-0.2, 0) is 4.79 Å². The number of nitrogens with one attached hydrogen (secondary N) is 1. The first kappa shape index (κ1) is 12.5. The zero-order valence-corrected chi connectivity index (χ0v) is 10.3. The largest absolute Gasteiger partial charge is 0.340 e. The molecule has 1 amide bonds. The molecule has 4 nitrogen and oxygen atoms in total. The van der Waals surface area contributed by atoms with Crippen LogP contribution in [0.2, 0.25) is 0 Å². The molecule has 0 spiro atoms. The second kappa shape index (κ2) is 4.94. The highest BCUT2D eigenvalue weighted by Gasteiger charge is 2.33. The van der Waals surface area contributed by atoms with Crippen LogP contribution in [0.5, 0.6) is 0 Å². The highest BCUT2D eigenvalue weighted by molar-refractivity contribution is 5.85. The van der Waals surface area contributed by atoms with Crippen molar-refractivity contribution in [2.75, 3.05) is 40.3 Å². The quantitative estimate of drug-likeness (QED) is 0.725. The number of rotatable bonds is 3. The Hall–Kier alpha value is -0.610. The first-order valence-corrected chi connectivity index (χ1v) is 5.62. The first-order chi connectivity index (χ1) is 6.93. The van der Waals surface area contributed by atoms with E-state index in [4.69, 9.17) is 0 Å². The summed E-state index contributed by atoms with van der Waals surface area (Å²) in [4.78, 5) is 16.2. The van der Waals surface area contributed by atoms with Crippen LogP contribution in [0.3, 0.4) is 0 Å². The second-order valence-electron chi connectivity index (χ2n) is 5.00. The Kier molecular flexibility index (Phi) is 4.11. The number of likely N-dealkylation sites (N-methyl/N-ethyl adjacent to an activating group) is 1. The van der Waals surface area contributed by atoms with Gasteiger partial charge in [0.1, 0.15) is 0 Å². The third-order valence-electron chi connectivity index (χ3n) is 2.81. The van der Waals surface area contributed by atoms with Crippen LogP contribution >= 0.6 is 0 Å². The van der Waals surface area contributed by atoms with Gasteiger partial charge in [-0.2, -0.15) is 0 Å². The van der Waals surface area contributed by atoms with Crippen LogP contribution < -0.4 is 5.32 Å². The molecule has 1 aliphatic rings. The minimum Gasteiger partial charge on any atom is -0.340 e. The Morgan fingerprint density at radius 1 is 1.47 bits per heavy atom. The summed E-state index contributed by atoms with van der Waals surface area (Å²) < 4.78 is 0. The summed E-state index contributed by atoms with van der Waals surface area (Å²) in [6.07, 6.45) is 1.04. The standard InChI is InChI=1S/C11H23N3O/c1-11(2)10(15)14(7-5-6-12-11)9-8-13(3)4/h12H,5-9H2,1-4H3. The number of nitrogens with zero attached hydrogens (tertiary/aromatic N) is 2. The highest BCUT2D eigenvalue weighted by atomic mass is 16.2. The fourth-order valence-electron chi connectivity index (χ4n) is 1.78. The molecule has 15 heavy (non-hydrogen) atoms. The van der Waals surface area contributed by atoms with Gasteiger partial charge in [0, 0.05) is 19.6 Å². The molecule has 0 atom stereocenters. The van der Waals surface area contributed by atoms with Gasteiger partial charge < -0.3 is 15.1 Å². The molecule has 1 aliphatic heterocycles. The van der Waals surface area contributed by atoms with E-state index in [1.165, 1.54) is 0 Å². The average molecular weight is 213 g/mol. The molecule has 0 saturated carbocycles. The summed E-state index contributed by atoms with van der Waals surface area (Å²) in [7, 11) is 4.07. The lowest BCUT2D eigenvalue weighted by atomic mass is 10.0. The van der Waals surface area contributed by atoms with Crippen molar-refractivity contribution in [1.29, 1.82) is 0 Å². The van der Waals surface area contributed by atoms with Crippen LogP contribution in [0.25, 0.3) is 0 Å². The van der Waals surface area contributed by atoms with Gasteiger partial charge in [-0.05, 0) is 40.9 Å². The molecular weight excluding hydrogens is 190 g/mol. The molecule has 0 unspecified atom stereocenters. The lowest BCUT2D eigenvalue weighted by molar-refractivity contribution is -0.136. The maximum absolute atomic E-state index is 12.1. The Balaban J connectivity index is 2.58. The van der Waals surface area contributed by atoms with E-state index in [-0.39, 0.29) is 5.91 Å². The van der Waals surface area contributed by atoms with E-state index in [2.05, 4.69) is 10.2 Å². The van der Waals surface area contributed by atoms with Gasteiger partial charge in [-0.25, -0.2) is 0 Å². The summed E-state index contributed by atoms with van der Waals surface area (Å²) in [5.74, 6) is 0.224. The number of hydrogen-bond donors (Lipinski definition) is 1. The zero-order valence-electron chi connectivity index (χ0n) is 10.3. The Morgan fingerprint density at radius 2 is 2.13 bits per heavy atom. The third-order valence-corrected chi connectivity index (χ3v) is 2.81. The van der Waals surface area contributed by atoms with E-state index in [1.54, 1.807) is 0 Å². The number of amides is 1. The SMILES string of the molecule is CN(C)CCN1CCCNC(C)(C)C1=O. The fraction of sp³-hybridized carbons (Fsp3) is 0.909. The molecule has 0 aromatic rings. The maximum Gasteiger partial charge on any atom is 0.242 e. The van der Waals surface area contributed by atoms with Crippen LogP contribution in [0, 0.1) is 0 Å². The summed E-state index contributed by atoms with van der Waals surface area (Å²) in [6.45, 7) is 7.49. The van der Waals surface area contributed by atoms with Crippen molar-refractivity contribution in [3.63, 3.8) is 0 Å². The summed E-state index contributed by atoms with van der Waals surface area (Å²) in [5.41, 5.74) is -0.400. The Bertz CT molecular complexity index is 226. The molecule has 0 aliphatic carbocycles. The van der Waals surface area contributed by atoms with Gasteiger partial charge in [0.25, 0.3) is 0 Å². The highest BCUT2D eigenvalue weighted by Crippen LogP contribution is 2.12. The van der Waals surface area contributed by atoms with Crippen molar-refractivity contribution in [2.24, 2.45) is 0 Å². The van der Waals surface area contributed by atoms with Gasteiger partial charge >= 0.3 is 0 Å². The lowest BCUT2D eigenvalue weighted by Gasteiger charge is -2.29. The van der Waals surface area contributed by atoms with Crippen LogP contribution in [-0.4, -0.2) is 61.5 Å². The fourth-order valence-corrected chi connectivity index (χ4v) is 1.78. The van der Waals surface area contributed by atoms with Crippen LogP contribution in [0.1, 0.15) is 20.3 Å². The van der Waals surface area contributed by atoms with Gasteiger partial charge in [-0.3, -0.25) is 4.79 Å². The van der Waals surface area contributed by atoms with Crippen LogP contribution in [0.15, 0.2) is 0 Å². The minimum absolute atomic E-state index is 0.224. The van der Waals surface area contributed by atoms with Crippen molar-refractivity contribution in [3.8, 4) is 0 Å². The second-order valence-corrected chi connectivity index (χ2v) is 5.00. The lowest BCUT2D eigenvalue weighted by Crippen LogP contribution is -2.52. The van der Waals surface area contributed by atoms with Gasteiger partial charge in [-0.15, -0.1) is 0 Å². The van der Waals surface area contributed by atoms with Gasteiger partial charge in [0.15, 0.2) is 0 Å². The van der Waals surface area contributed by atoms with Gasteiger partial charge in [0.05, 0.1) is 5.54 Å². The number of carbonyl (C=O) groups excluding carboxylic acids is 1. The monoisotopic (exact) mass is 213 g/mol. The molecule has 4 heteroatoms. The summed E-state index contributed by atoms with van der Waals surface area (Å²) in [6, 6.07) is 0. The van der Waals surface area contributed by atoms with E-state index in [9.17, 15) is 4.79 Å². The summed E-state index contributed by atoms with van der Waals surface area (Å²) in [5, 5.41) is 3.28. The molecule has 0 bridgehead atoms. The average Bonchev–Trinajstić information content (AvgIpc) is 2.26. The first-order valence-electron chi connectivity index (χ1n) is 5.62. The molecular formula is C11H23N3O. The predicted molar refractivity (Wildman–Crippen MR) is 61.8 cm³/mol. The van der Waals surface area contributed by atoms with Gasteiger partial charge in [0.2, 0.25) is 5.91 Å². The minimum atomic E-state index is -0.400. The topological polar surface area (TPSA) is 35.6 Å². The molecule has 88 valence electrons. The molecule has 1 heterocycles. The van der Waals surface area contributed by atoms with Gasteiger partial charge in [-0.1, -0.05) is 0 Å². The summed E-state index contributed by atoms with van der Waals surface area (Å²) >= 11 is 0. The number of carbonyl (C=O) groups is 1. The normalized spacial score (nSPS) is 21.9. The Morgan fingerprint density at radius 3 is 2.73 bits per heavy atom. The van der Waals surface area contributed by atoms with E-state index in [1.807, 2.05) is 32.8 Å². The van der Waals surface area contributed by atoms with E-state index in [0.29, 0.717) is 0 Å². The van der Waals surface area contributed by atoms with E-state index < -0.39 is 5.54 Å². The third kappa shape index (κ3) is 3.47.